The molecule has 0 aliphatic carbocycles. The number of carbonyl (C=O) groups excluding carboxylic acids is 4. The fourth-order valence-electron chi connectivity index (χ4n) is 3.42. The molecule has 0 radical (unpaired) electrons. The van der Waals surface area contributed by atoms with Crippen molar-refractivity contribution in [1.82, 2.24) is 10.2 Å². The van der Waals surface area contributed by atoms with Crippen LogP contribution in [0.3, 0.4) is 0 Å². The minimum Gasteiger partial charge on any atom is -0.496 e. The van der Waals surface area contributed by atoms with Crippen molar-refractivity contribution in [3.8, 4) is 11.5 Å². The highest BCUT2D eigenvalue weighted by Crippen LogP contribution is 2.30. The number of furan rings is 1. The smallest absolute Gasteiger partial charge is 0.373 e. The molecule has 1 aliphatic rings. The Bertz CT molecular complexity index is 1450. The average molecular weight is 545 g/mol. The molecule has 190 valence electrons. The minimum atomic E-state index is -0.760. The molecule has 37 heavy (non-hydrogen) atoms. The van der Waals surface area contributed by atoms with Crippen molar-refractivity contribution in [3.63, 3.8) is 0 Å². The van der Waals surface area contributed by atoms with E-state index in [1.807, 2.05) is 0 Å². The molecule has 3 amide bonds. The summed E-state index contributed by atoms with van der Waals surface area (Å²) in [6.07, 6.45) is 1.33. The van der Waals surface area contributed by atoms with Gasteiger partial charge in [0.25, 0.3) is 5.91 Å². The second-order valence-electron chi connectivity index (χ2n) is 7.55. The molecule has 2 heterocycles. The molecular formula is C25H18Cl2N2O8. The summed E-state index contributed by atoms with van der Waals surface area (Å²) in [6.45, 7) is -0.231. The molecule has 0 bridgehead atoms. The van der Waals surface area contributed by atoms with Crippen molar-refractivity contribution in [2.75, 3.05) is 14.2 Å². The average Bonchev–Trinajstić information content (AvgIpc) is 3.45. The number of benzene rings is 2. The maximum Gasteiger partial charge on any atom is 0.373 e. The van der Waals surface area contributed by atoms with E-state index >= 15 is 0 Å². The Balaban J connectivity index is 1.58. The van der Waals surface area contributed by atoms with Crippen molar-refractivity contribution in [2.24, 2.45) is 0 Å². The summed E-state index contributed by atoms with van der Waals surface area (Å²) in [7, 11) is 2.60. The van der Waals surface area contributed by atoms with Gasteiger partial charge in [-0.3, -0.25) is 9.69 Å². The topological polar surface area (TPSA) is 124 Å². The molecule has 1 N–H and O–H groups in total. The van der Waals surface area contributed by atoms with Gasteiger partial charge in [-0.25, -0.2) is 14.4 Å². The fraction of sp³-hybridized carbons (Fsp3) is 0.120. The molecule has 1 fully saturated rings. The quantitative estimate of drug-likeness (QED) is 0.196. The summed E-state index contributed by atoms with van der Waals surface area (Å²) in [5.74, 6) is -1.68. The number of urea groups is 1. The van der Waals surface area contributed by atoms with Crippen molar-refractivity contribution < 1.29 is 37.8 Å². The lowest BCUT2D eigenvalue weighted by molar-refractivity contribution is -0.123. The lowest BCUT2D eigenvalue weighted by Gasteiger charge is -2.11. The number of hydrogen-bond acceptors (Lipinski definition) is 8. The Labute approximate surface area is 220 Å². The van der Waals surface area contributed by atoms with E-state index in [4.69, 9.17) is 37.1 Å². The molecule has 0 saturated carbocycles. The zero-order valence-corrected chi connectivity index (χ0v) is 20.9. The van der Waals surface area contributed by atoms with Crippen LogP contribution in [0.15, 0.2) is 58.6 Å². The summed E-state index contributed by atoms with van der Waals surface area (Å²) < 4.78 is 20.7. The van der Waals surface area contributed by atoms with Crippen molar-refractivity contribution in [2.45, 2.75) is 6.54 Å². The summed E-state index contributed by atoms with van der Waals surface area (Å²) in [5, 5.41) is 3.07. The van der Waals surface area contributed by atoms with Crippen LogP contribution in [-0.2, 0) is 16.1 Å². The van der Waals surface area contributed by atoms with Crippen LogP contribution in [0, 0.1) is 0 Å². The van der Waals surface area contributed by atoms with Crippen LogP contribution >= 0.6 is 23.2 Å². The number of nitrogens with one attached hydrogen (secondary N) is 1. The van der Waals surface area contributed by atoms with Gasteiger partial charge >= 0.3 is 18.0 Å². The summed E-state index contributed by atoms with van der Waals surface area (Å²) in [5.41, 5.74) is 0.243. The highest BCUT2D eigenvalue weighted by atomic mass is 35.5. The maximum atomic E-state index is 13.0. The van der Waals surface area contributed by atoms with E-state index in [2.05, 4.69) is 10.1 Å². The molecule has 10 nitrogen and oxygen atoms in total. The lowest BCUT2D eigenvalue weighted by atomic mass is 10.1. The monoisotopic (exact) mass is 544 g/mol. The van der Waals surface area contributed by atoms with Crippen molar-refractivity contribution >= 4 is 53.2 Å². The SMILES string of the molecule is COC(=O)c1ccc(CN2C(=O)N/C(=C\c3cc(Cl)ccc3OC(=O)c3cc(Cl)ccc3OC)C2=O)o1. The first kappa shape index (κ1) is 25.8. The number of amides is 3. The van der Waals surface area contributed by atoms with Crippen LogP contribution in [0.4, 0.5) is 4.79 Å². The van der Waals surface area contributed by atoms with Crippen molar-refractivity contribution in [1.29, 1.82) is 0 Å². The maximum absolute atomic E-state index is 13.0. The lowest BCUT2D eigenvalue weighted by Crippen LogP contribution is -2.30. The van der Waals surface area contributed by atoms with E-state index in [0.717, 1.165) is 4.90 Å². The zero-order valence-electron chi connectivity index (χ0n) is 19.4. The van der Waals surface area contributed by atoms with Gasteiger partial charge in [-0.2, -0.15) is 0 Å². The third-order valence-electron chi connectivity index (χ3n) is 5.18. The highest BCUT2D eigenvalue weighted by Gasteiger charge is 2.34. The van der Waals surface area contributed by atoms with E-state index in [1.54, 1.807) is 6.07 Å². The van der Waals surface area contributed by atoms with Gasteiger partial charge in [-0.1, -0.05) is 23.2 Å². The number of methoxy groups -OCH3 is 2. The fourth-order valence-corrected chi connectivity index (χ4v) is 3.77. The Morgan fingerprint density at radius 1 is 0.973 bits per heavy atom. The van der Waals surface area contributed by atoms with E-state index in [0.29, 0.717) is 10.0 Å². The highest BCUT2D eigenvalue weighted by molar-refractivity contribution is 6.31. The van der Waals surface area contributed by atoms with Gasteiger partial charge in [-0.15, -0.1) is 0 Å². The summed E-state index contributed by atoms with van der Waals surface area (Å²) in [4.78, 5) is 50.8. The Kier molecular flexibility index (Phi) is 7.51. The zero-order chi connectivity index (χ0) is 26.7. The van der Waals surface area contributed by atoms with Gasteiger partial charge < -0.3 is 23.9 Å². The number of rotatable bonds is 7. The molecule has 4 rings (SSSR count). The molecule has 0 spiro atoms. The number of esters is 2. The second-order valence-corrected chi connectivity index (χ2v) is 8.43. The first-order chi connectivity index (χ1) is 17.7. The number of hydrogen-bond donors (Lipinski definition) is 1. The summed E-state index contributed by atoms with van der Waals surface area (Å²) >= 11 is 12.1. The summed E-state index contributed by atoms with van der Waals surface area (Å²) in [6, 6.07) is 11.0. The van der Waals surface area contributed by atoms with Gasteiger partial charge in [0.15, 0.2) is 0 Å². The second kappa shape index (κ2) is 10.8. The molecule has 1 saturated heterocycles. The standard InChI is InChI=1S/C25H18Cl2N2O8/c1-34-20-7-4-15(27)11-17(20)23(31)37-19-6-3-14(26)9-13(19)10-18-22(30)29(25(33)28-18)12-16-5-8-21(36-16)24(32)35-2/h3-11H,12H2,1-2H3,(H,28,33)/b18-10-. The number of carbonyl (C=O) groups is 4. The number of imide groups is 1. The van der Waals surface area contributed by atoms with E-state index in [1.165, 1.54) is 62.8 Å². The molecule has 3 aromatic rings. The Morgan fingerprint density at radius 2 is 1.68 bits per heavy atom. The van der Waals surface area contributed by atoms with Gasteiger partial charge in [0.1, 0.15) is 28.5 Å². The van der Waals surface area contributed by atoms with Crippen LogP contribution in [0.2, 0.25) is 10.0 Å². The van der Waals surface area contributed by atoms with Crippen LogP contribution < -0.4 is 14.8 Å². The third kappa shape index (κ3) is 5.60. The Hall–Kier alpha value is -4.28. The first-order valence-corrected chi connectivity index (χ1v) is 11.3. The normalized spacial score (nSPS) is 14.1. The minimum absolute atomic E-state index is 0.0676. The van der Waals surface area contributed by atoms with Crippen LogP contribution in [0.1, 0.15) is 32.2 Å². The molecule has 1 aromatic heterocycles. The van der Waals surface area contributed by atoms with Gasteiger partial charge in [0.05, 0.1) is 20.8 Å². The molecule has 12 heteroatoms. The van der Waals surface area contributed by atoms with Gasteiger partial charge in [0.2, 0.25) is 5.76 Å². The number of halogens is 2. The van der Waals surface area contributed by atoms with Crippen LogP contribution in [0.5, 0.6) is 11.5 Å². The predicted molar refractivity (Wildman–Crippen MR) is 132 cm³/mol. The molecule has 1 aliphatic heterocycles. The number of ether oxygens (including phenoxy) is 3. The van der Waals surface area contributed by atoms with E-state index in [-0.39, 0.29) is 46.4 Å². The van der Waals surface area contributed by atoms with Crippen LogP contribution in [-0.4, -0.2) is 43.0 Å². The first-order valence-electron chi connectivity index (χ1n) is 10.6. The van der Waals surface area contributed by atoms with Gasteiger partial charge in [0, 0.05) is 15.6 Å². The molecule has 2 aromatic carbocycles. The van der Waals surface area contributed by atoms with Crippen LogP contribution in [0.25, 0.3) is 6.08 Å². The molecule has 0 atom stereocenters. The molecule has 0 unspecified atom stereocenters. The third-order valence-corrected chi connectivity index (χ3v) is 5.65. The largest absolute Gasteiger partial charge is 0.496 e. The van der Waals surface area contributed by atoms with E-state index < -0.39 is 23.9 Å². The Morgan fingerprint density at radius 3 is 2.38 bits per heavy atom. The van der Waals surface area contributed by atoms with Gasteiger partial charge in [-0.05, 0) is 54.6 Å². The predicted octanol–water partition coefficient (Wildman–Crippen LogP) is 4.69. The number of nitrogens with zero attached hydrogens (tertiary/aromatic N) is 1. The molecular weight excluding hydrogens is 527 g/mol. The van der Waals surface area contributed by atoms with E-state index in [9.17, 15) is 19.2 Å². The van der Waals surface area contributed by atoms with Crippen molar-refractivity contribution in [3.05, 3.63) is 86.9 Å².